The van der Waals surface area contributed by atoms with Crippen molar-refractivity contribution in [3.8, 4) is 11.8 Å². The number of amides is 1. The molecule has 2 aromatic rings. The fourth-order valence-corrected chi connectivity index (χ4v) is 2.05. The van der Waals surface area contributed by atoms with Crippen LogP contribution in [0.4, 0.5) is 5.69 Å². The summed E-state index contributed by atoms with van der Waals surface area (Å²) in [4.78, 5) is 11.8. The lowest BCUT2D eigenvalue weighted by molar-refractivity contribution is -0.115. The van der Waals surface area contributed by atoms with E-state index in [-0.39, 0.29) is 11.0 Å². The van der Waals surface area contributed by atoms with Crippen LogP contribution in [-0.4, -0.2) is 18.1 Å². The van der Waals surface area contributed by atoms with Crippen LogP contribution in [0, 0.1) is 11.3 Å². The molecular formula is C18H15N3O2S. The number of benzene rings is 2. The van der Waals surface area contributed by atoms with Crippen molar-refractivity contribution in [3.63, 3.8) is 0 Å². The van der Waals surface area contributed by atoms with E-state index in [4.69, 9.17) is 22.2 Å². The molecular weight excluding hydrogens is 322 g/mol. The van der Waals surface area contributed by atoms with Gasteiger partial charge in [-0.3, -0.25) is 10.1 Å². The minimum Gasteiger partial charge on any atom is -0.497 e. The summed E-state index contributed by atoms with van der Waals surface area (Å²) in [5.41, 5.74) is 2.12. The van der Waals surface area contributed by atoms with E-state index in [1.807, 2.05) is 30.3 Å². The van der Waals surface area contributed by atoms with Gasteiger partial charge in [0.25, 0.3) is 0 Å². The maximum atomic E-state index is 11.8. The Balaban J connectivity index is 1.87. The van der Waals surface area contributed by atoms with E-state index in [1.54, 1.807) is 37.5 Å². The van der Waals surface area contributed by atoms with E-state index in [1.165, 1.54) is 6.08 Å². The van der Waals surface area contributed by atoms with Crippen LogP contribution in [0.3, 0.4) is 0 Å². The van der Waals surface area contributed by atoms with Crippen LogP contribution < -0.4 is 15.4 Å². The van der Waals surface area contributed by atoms with Gasteiger partial charge >= 0.3 is 0 Å². The van der Waals surface area contributed by atoms with Gasteiger partial charge in [0, 0.05) is 11.8 Å². The number of nitrogens with zero attached hydrogens (tertiary/aromatic N) is 1. The normalized spacial score (nSPS) is 10.0. The lowest BCUT2D eigenvalue weighted by Gasteiger charge is -2.07. The standard InChI is InChI=1S/C18H15N3O2S/c1-23-16-9-4-13(5-10-16)6-11-17(22)21-18(24)20-15-7-2-14(12-19)3-8-15/h2-11H,1H3,(H2,20,21,22,24)/b11-6+. The van der Waals surface area contributed by atoms with Crippen LogP contribution in [-0.2, 0) is 4.79 Å². The summed E-state index contributed by atoms with van der Waals surface area (Å²) in [6, 6.07) is 16.1. The van der Waals surface area contributed by atoms with Crippen molar-refractivity contribution in [1.82, 2.24) is 5.32 Å². The van der Waals surface area contributed by atoms with E-state index in [9.17, 15) is 4.79 Å². The van der Waals surface area contributed by atoms with E-state index >= 15 is 0 Å². The van der Waals surface area contributed by atoms with Gasteiger partial charge in [-0.15, -0.1) is 0 Å². The first kappa shape index (κ1) is 17.2. The van der Waals surface area contributed by atoms with Crippen molar-refractivity contribution < 1.29 is 9.53 Å². The van der Waals surface area contributed by atoms with Crippen molar-refractivity contribution in [2.24, 2.45) is 0 Å². The largest absolute Gasteiger partial charge is 0.497 e. The molecule has 120 valence electrons. The number of hydrogen-bond donors (Lipinski definition) is 2. The molecule has 0 radical (unpaired) electrons. The maximum Gasteiger partial charge on any atom is 0.250 e. The summed E-state index contributed by atoms with van der Waals surface area (Å²) in [6.07, 6.45) is 3.08. The SMILES string of the molecule is COc1ccc(/C=C/C(=O)NC(=S)Nc2ccc(C#N)cc2)cc1. The van der Waals surface area contributed by atoms with Crippen molar-refractivity contribution in [1.29, 1.82) is 5.26 Å². The first-order valence-corrected chi connectivity index (χ1v) is 7.46. The van der Waals surface area contributed by atoms with Gasteiger partial charge in [-0.25, -0.2) is 0 Å². The van der Waals surface area contributed by atoms with Gasteiger partial charge in [0.05, 0.1) is 18.7 Å². The van der Waals surface area contributed by atoms with Crippen molar-refractivity contribution in [3.05, 3.63) is 65.7 Å². The molecule has 2 aromatic carbocycles. The Labute approximate surface area is 145 Å². The van der Waals surface area contributed by atoms with Gasteiger partial charge in [0.15, 0.2) is 5.11 Å². The monoisotopic (exact) mass is 337 g/mol. The second-order valence-corrected chi connectivity index (χ2v) is 5.15. The average molecular weight is 337 g/mol. The number of methoxy groups -OCH3 is 1. The topological polar surface area (TPSA) is 74.2 Å². The summed E-state index contributed by atoms with van der Waals surface area (Å²) in [6.45, 7) is 0. The van der Waals surface area contributed by atoms with E-state index in [0.717, 1.165) is 11.3 Å². The third-order valence-corrected chi connectivity index (χ3v) is 3.26. The highest BCUT2D eigenvalue weighted by Gasteiger charge is 2.02. The van der Waals surface area contributed by atoms with E-state index < -0.39 is 0 Å². The highest BCUT2D eigenvalue weighted by atomic mass is 32.1. The Hall–Kier alpha value is -3.17. The third kappa shape index (κ3) is 5.23. The Kier molecular flexibility index (Phi) is 6.06. The number of carbonyl (C=O) groups excluding carboxylic acids is 1. The third-order valence-electron chi connectivity index (χ3n) is 3.05. The van der Waals surface area contributed by atoms with E-state index in [2.05, 4.69) is 10.6 Å². The number of nitrogens with one attached hydrogen (secondary N) is 2. The minimum absolute atomic E-state index is 0.184. The van der Waals surface area contributed by atoms with Crippen LogP contribution in [0.25, 0.3) is 6.08 Å². The molecule has 1 amide bonds. The predicted molar refractivity (Wildman–Crippen MR) is 97.5 cm³/mol. The molecule has 0 aliphatic heterocycles. The summed E-state index contributed by atoms with van der Waals surface area (Å²) in [7, 11) is 1.60. The first-order valence-electron chi connectivity index (χ1n) is 7.05. The number of rotatable bonds is 4. The minimum atomic E-state index is -0.336. The van der Waals surface area contributed by atoms with Crippen molar-refractivity contribution >= 4 is 35.0 Å². The predicted octanol–water partition coefficient (Wildman–Crippen LogP) is 3.09. The van der Waals surface area contributed by atoms with Crippen LogP contribution in [0.15, 0.2) is 54.6 Å². The highest BCUT2D eigenvalue weighted by Crippen LogP contribution is 2.12. The molecule has 0 saturated heterocycles. The molecule has 0 aliphatic rings. The molecule has 0 fully saturated rings. The first-order chi connectivity index (χ1) is 11.6. The zero-order valence-corrected chi connectivity index (χ0v) is 13.8. The fraction of sp³-hybridized carbons (Fsp3) is 0.0556. The highest BCUT2D eigenvalue weighted by molar-refractivity contribution is 7.80. The number of anilines is 1. The molecule has 2 N–H and O–H groups in total. The number of ether oxygens (including phenoxy) is 1. The number of carbonyl (C=O) groups is 1. The number of thiocarbonyl (C=S) groups is 1. The lowest BCUT2D eigenvalue weighted by atomic mass is 10.2. The van der Waals surface area contributed by atoms with Crippen molar-refractivity contribution in [2.75, 3.05) is 12.4 Å². The molecule has 0 bridgehead atoms. The smallest absolute Gasteiger partial charge is 0.250 e. The van der Waals surface area contributed by atoms with Gasteiger partial charge in [-0.05, 0) is 60.3 Å². The van der Waals surface area contributed by atoms with Gasteiger partial charge in [-0.1, -0.05) is 12.1 Å². The molecule has 0 heterocycles. The average Bonchev–Trinajstić information content (AvgIpc) is 2.61. The molecule has 6 heteroatoms. The summed E-state index contributed by atoms with van der Waals surface area (Å²) >= 11 is 5.08. The Morgan fingerprint density at radius 3 is 2.42 bits per heavy atom. The van der Waals surface area contributed by atoms with Crippen LogP contribution in [0.1, 0.15) is 11.1 Å². The molecule has 2 rings (SSSR count). The zero-order chi connectivity index (χ0) is 17.4. The van der Waals surface area contributed by atoms with Gasteiger partial charge in [-0.2, -0.15) is 5.26 Å². The molecule has 24 heavy (non-hydrogen) atoms. The van der Waals surface area contributed by atoms with Crippen molar-refractivity contribution in [2.45, 2.75) is 0 Å². The Morgan fingerprint density at radius 2 is 1.83 bits per heavy atom. The lowest BCUT2D eigenvalue weighted by Crippen LogP contribution is -2.32. The molecule has 0 spiro atoms. The fourth-order valence-electron chi connectivity index (χ4n) is 1.83. The second-order valence-electron chi connectivity index (χ2n) is 4.74. The molecule has 0 aliphatic carbocycles. The Morgan fingerprint density at radius 1 is 1.17 bits per heavy atom. The van der Waals surface area contributed by atoms with Crippen LogP contribution in [0.2, 0.25) is 0 Å². The quantitative estimate of drug-likeness (QED) is 0.662. The summed E-state index contributed by atoms with van der Waals surface area (Å²) < 4.78 is 5.07. The molecule has 0 unspecified atom stereocenters. The molecule has 0 saturated carbocycles. The Bertz CT molecular complexity index is 791. The number of nitriles is 1. The molecule has 5 nitrogen and oxygen atoms in total. The zero-order valence-electron chi connectivity index (χ0n) is 12.9. The maximum absolute atomic E-state index is 11.8. The summed E-state index contributed by atoms with van der Waals surface area (Å²) in [5, 5.41) is 14.4. The van der Waals surface area contributed by atoms with Gasteiger partial charge < -0.3 is 10.1 Å². The van der Waals surface area contributed by atoms with Gasteiger partial charge in [0.1, 0.15) is 5.75 Å². The molecule has 0 atom stereocenters. The number of hydrogen-bond acceptors (Lipinski definition) is 4. The van der Waals surface area contributed by atoms with E-state index in [0.29, 0.717) is 11.3 Å². The van der Waals surface area contributed by atoms with Gasteiger partial charge in [0.2, 0.25) is 5.91 Å². The van der Waals surface area contributed by atoms with Crippen LogP contribution in [0.5, 0.6) is 5.75 Å². The van der Waals surface area contributed by atoms with Crippen LogP contribution >= 0.6 is 12.2 Å². The second kappa shape index (κ2) is 8.46. The molecule has 0 aromatic heterocycles. The summed E-state index contributed by atoms with van der Waals surface area (Å²) in [5.74, 6) is 0.418.